The van der Waals surface area contributed by atoms with E-state index in [0.717, 1.165) is 16.7 Å². The molecule has 1 atom stereocenters. The molecule has 0 bridgehead atoms. The van der Waals surface area contributed by atoms with Gasteiger partial charge in [-0.1, -0.05) is 15.9 Å². The minimum absolute atomic E-state index is 0.426. The highest BCUT2D eigenvalue weighted by Crippen LogP contribution is 2.20. The van der Waals surface area contributed by atoms with E-state index in [2.05, 4.69) is 39.1 Å². The van der Waals surface area contributed by atoms with Gasteiger partial charge in [0.05, 0.1) is 11.3 Å². The van der Waals surface area contributed by atoms with Gasteiger partial charge >= 0.3 is 0 Å². The Kier molecular flexibility index (Phi) is 4.78. The van der Waals surface area contributed by atoms with E-state index in [1.165, 1.54) is 0 Å². The van der Waals surface area contributed by atoms with Crippen LogP contribution in [0.3, 0.4) is 0 Å². The molecule has 1 unspecified atom stereocenters. The summed E-state index contributed by atoms with van der Waals surface area (Å²) in [5, 5.41) is 12.3. The third kappa shape index (κ3) is 3.51. The molecule has 1 aromatic rings. The molecule has 16 heavy (non-hydrogen) atoms. The molecule has 0 amide bonds. The fraction of sp³-hybridized carbons (Fsp3) is 0.417. The Morgan fingerprint density at radius 2 is 2.19 bits per heavy atom. The maximum absolute atomic E-state index is 9.00. The first-order valence-electron chi connectivity index (χ1n) is 5.14. The summed E-state index contributed by atoms with van der Waals surface area (Å²) in [7, 11) is 4.08. The van der Waals surface area contributed by atoms with E-state index in [1.54, 1.807) is 0 Å². The summed E-state index contributed by atoms with van der Waals surface area (Å²) in [5.41, 5.74) is 1.56. The molecule has 3 nitrogen and oxygen atoms in total. The van der Waals surface area contributed by atoms with Crippen LogP contribution in [0, 0.1) is 11.3 Å². The van der Waals surface area contributed by atoms with Crippen LogP contribution in [0.4, 0.5) is 5.69 Å². The standard InChI is InChI=1S/C12H16BrN3/c1-9(16(2)3)8-15-12-5-4-11(13)6-10(12)7-14/h4-6,9,15H,8H2,1-3H3. The van der Waals surface area contributed by atoms with E-state index in [1.807, 2.05) is 32.3 Å². The third-order valence-corrected chi connectivity index (χ3v) is 3.06. The number of halogens is 1. The van der Waals surface area contributed by atoms with Crippen molar-refractivity contribution in [2.75, 3.05) is 26.0 Å². The highest BCUT2D eigenvalue weighted by molar-refractivity contribution is 9.10. The molecule has 4 heteroatoms. The molecule has 0 aliphatic carbocycles. The number of hydrogen-bond acceptors (Lipinski definition) is 3. The fourth-order valence-corrected chi connectivity index (χ4v) is 1.56. The van der Waals surface area contributed by atoms with Crippen LogP contribution >= 0.6 is 15.9 Å². The van der Waals surface area contributed by atoms with Crippen molar-refractivity contribution in [3.8, 4) is 6.07 Å². The average Bonchev–Trinajstić information content (AvgIpc) is 2.26. The lowest BCUT2D eigenvalue weighted by molar-refractivity contribution is 0.326. The zero-order valence-corrected chi connectivity index (χ0v) is 11.4. The first kappa shape index (κ1) is 13.0. The molecule has 1 aromatic carbocycles. The minimum Gasteiger partial charge on any atom is -0.382 e. The summed E-state index contributed by atoms with van der Waals surface area (Å²) in [4.78, 5) is 2.14. The van der Waals surface area contributed by atoms with Crippen LogP contribution in [-0.4, -0.2) is 31.6 Å². The van der Waals surface area contributed by atoms with Gasteiger partial charge in [0.2, 0.25) is 0 Å². The number of benzene rings is 1. The van der Waals surface area contributed by atoms with Crippen molar-refractivity contribution < 1.29 is 0 Å². The number of rotatable bonds is 4. The highest BCUT2D eigenvalue weighted by atomic mass is 79.9. The summed E-state index contributed by atoms with van der Waals surface area (Å²) < 4.78 is 0.926. The van der Waals surface area contributed by atoms with Crippen LogP contribution < -0.4 is 5.32 Å². The monoisotopic (exact) mass is 281 g/mol. The SMILES string of the molecule is CC(CNc1ccc(Br)cc1C#N)N(C)C. The zero-order chi connectivity index (χ0) is 12.1. The van der Waals surface area contributed by atoms with Crippen molar-refractivity contribution in [2.24, 2.45) is 0 Å². The second kappa shape index (κ2) is 5.88. The Bertz CT molecular complexity index is 396. The van der Waals surface area contributed by atoms with Gasteiger partial charge in [0.1, 0.15) is 6.07 Å². The van der Waals surface area contributed by atoms with Crippen molar-refractivity contribution in [1.82, 2.24) is 4.90 Å². The number of nitrogens with zero attached hydrogens (tertiary/aromatic N) is 2. The molecule has 0 aliphatic rings. The van der Waals surface area contributed by atoms with E-state index in [4.69, 9.17) is 5.26 Å². The lowest BCUT2D eigenvalue weighted by Crippen LogP contribution is -2.31. The molecule has 0 aromatic heterocycles. The predicted molar refractivity (Wildman–Crippen MR) is 70.5 cm³/mol. The number of nitriles is 1. The second-order valence-electron chi connectivity index (χ2n) is 4.00. The molecule has 86 valence electrons. The number of likely N-dealkylation sites (N-methyl/N-ethyl adjacent to an activating group) is 1. The molecular weight excluding hydrogens is 266 g/mol. The van der Waals surface area contributed by atoms with Crippen molar-refractivity contribution in [2.45, 2.75) is 13.0 Å². The van der Waals surface area contributed by atoms with E-state index < -0.39 is 0 Å². The van der Waals surface area contributed by atoms with Gasteiger partial charge < -0.3 is 10.2 Å². The third-order valence-electron chi connectivity index (χ3n) is 2.57. The van der Waals surface area contributed by atoms with E-state index in [0.29, 0.717) is 11.6 Å². The van der Waals surface area contributed by atoms with Gasteiger partial charge in [0.15, 0.2) is 0 Å². The predicted octanol–water partition coefficient (Wildman–Crippen LogP) is 2.68. The second-order valence-corrected chi connectivity index (χ2v) is 4.91. The van der Waals surface area contributed by atoms with E-state index in [9.17, 15) is 0 Å². The molecule has 0 saturated heterocycles. The molecule has 1 rings (SSSR count). The Hall–Kier alpha value is -1.05. The molecule has 0 radical (unpaired) electrons. The maximum Gasteiger partial charge on any atom is 0.101 e. The van der Waals surface area contributed by atoms with Crippen LogP contribution in [0.5, 0.6) is 0 Å². The fourth-order valence-electron chi connectivity index (χ4n) is 1.20. The van der Waals surface area contributed by atoms with Crippen LogP contribution in [0.25, 0.3) is 0 Å². The smallest absolute Gasteiger partial charge is 0.101 e. The van der Waals surface area contributed by atoms with E-state index in [-0.39, 0.29) is 0 Å². The summed E-state index contributed by atoms with van der Waals surface area (Å²) in [6.45, 7) is 2.96. The van der Waals surface area contributed by atoms with Gasteiger partial charge in [-0.05, 0) is 39.2 Å². The van der Waals surface area contributed by atoms with Gasteiger partial charge in [-0.15, -0.1) is 0 Å². The van der Waals surface area contributed by atoms with Gasteiger partial charge in [-0.25, -0.2) is 0 Å². The van der Waals surface area contributed by atoms with E-state index >= 15 is 0 Å². The number of nitrogens with one attached hydrogen (secondary N) is 1. The van der Waals surface area contributed by atoms with Crippen molar-refractivity contribution in [3.05, 3.63) is 28.2 Å². The normalized spacial score (nSPS) is 12.2. The topological polar surface area (TPSA) is 39.1 Å². The minimum atomic E-state index is 0.426. The summed E-state index contributed by atoms with van der Waals surface area (Å²) >= 11 is 3.35. The largest absolute Gasteiger partial charge is 0.382 e. The summed E-state index contributed by atoms with van der Waals surface area (Å²) in [6, 6.07) is 8.29. The van der Waals surface area contributed by atoms with Gasteiger partial charge in [-0.3, -0.25) is 0 Å². The summed E-state index contributed by atoms with van der Waals surface area (Å²) in [6.07, 6.45) is 0. The Balaban J connectivity index is 2.71. The van der Waals surface area contributed by atoms with Crippen molar-refractivity contribution in [3.63, 3.8) is 0 Å². The lowest BCUT2D eigenvalue weighted by atomic mass is 10.2. The van der Waals surface area contributed by atoms with Crippen LogP contribution in [0.1, 0.15) is 12.5 Å². The molecule has 0 saturated carbocycles. The maximum atomic E-state index is 9.00. The van der Waals surface area contributed by atoms with Crippen molar-refractivity contribution in [1.29, 1.82) is 5.26 Å². The quantitative estimate of drug-likeness (QED) is 0.922. The van der Waals surface area contributed by atoms with Crippen LogP contribution in [0.2, 0.25) is 0 Å². The molecule has 1 N–H and O–H groups in total. The molecule has 0 spiro atoms. The molecule has 0 aliphatic heterocycles. The Morgan fingerprint density at radius 3 is 2.75 bits per heavy atom. The average molecular weight is 282 g/mol. The Morgan fingerprint density at radius 1 is 1.50 bits per heavy atom. The van der Waals surface area contributed by atoms with Crippen LogP contribution in [-0.2, 0) is 0 Å². The van der Waals surface area contributed by atoms with Crippen LogP contribution in [0.15, 0.2) is 22.7 Å². The number of anilines is 1. The first-order chi connectivity index (χ1) is 7.54. The lowest BCUT2D eigenvalue weighted by Gasteiger charge is -2.21. The van der Waals surface area contributed by atoms with Gasteiger partial charge in [0.25, 0.3) is 0 Å². The van der Waals surface area contributed by atoms with Gasteiger partial charge in [-0.2, -0.15) is 5.26 Å². The van der Waals surface area contributed by atoms with Crippen molar-refractivity contribution >= 4 is 21.6 Å². The first-order valence-corrected chi connectivity index (χ1v) is 5.94. The zero-order valence-electron chi connectivity index (χ0n) is 9.79. The number of hydrogen-bond donors (Lipinski definition) is 1. The molecular formula is C12H16BrN3. The molecule has 0 heterocycles. The molecule has 0 fully saturated rings. The van der Waals surface area contributed by atoms with Gasteiger partial charge in [0, 0.05) is 17.1 Å². The Labute approximate surface area is 105 Å². The highest BCUT2D eigenvalue weighted by Gasteiger charge is 2.06. The summed E-state index contributed by atoms with van der Waals surface area (Å²) in [5.74, 6) is 0.